The second-order valence-corrected chi connectivity index (χ2v) is 6.53. The van der Waals surface area contributed by atoms with Gasteiger partial charge in [-0.2, -0.15) is 0 Å². The second-order valence-electron chi connectivity index (χ2n) is 5.70. The highest BCUT2D eigenvalue weighted by Crippen LogP contribution is 2.36. The molecule has 4 rings (SSSR count). The van der Waals surface area contributed by atoms with E-state index in [0.29, 0.717) is 5.82 Å². The summed E-state index contributed by atoms with van der Waals surface area (Å²) < 4.78 is 17.9. The van der Waals surface area contributed by atoms with Crippen LogP contribution in [0.2, 0.25) is 0 Å². The molecule has 0 aliphatic carbocycles. The third-order valence-electron chi connectivity index (χ3n) is 4.19. The monoisotopic (exact) mass is 382 g/mol. The molecule has 138 valence electrons. The minimum atomic E-state index is 0.715. The molecule has 7 nitrogen and oxygen atoms in total. The zero-order valence-electron chi connectivity index (χ0n) is 15.1. The van der Waals surface area contributed by atoms with Crippen LogP contribution in [0, 0.1) is 0 Å². The van der Waals surface area contributed by atoms with Gasteiger partial charge in [-0.25, -0.2) is 4.68 Å². The summed E-state index contributed by atoms with van der Waals surface area (Å²) in [5, 5.41) is 11.3. The molecule has 27 heavy (non-hydrogen) atoms. The largest absolute Gasteiger partial charge is 0.497 e. The summed E-state index contributed by atoms with van der Waals surface area (Å²) in [7, 11) is 4.93. The number of nitrogens with zero attached hydrogens (tertiary/aromatic N) is 3. The molecule has 0 spiro atoms. The number of rotatable bonds is 5. The van der Waals surface area contributed by atoms with E-state index in [1.54, 1.807) is 21.3 Å². The molecule has 0 saturated carbocycles. The summed E-state index contributed by atoms with van der Waals surface area (Å²) in [5.74, 6) is 3.01. The molecule has 0 fully saturated rings. The van der Waals surface area contributed by atoms with Gasteiger partial charge in [0, 0.05) is 16.5 Å². The van der Waals surface area contributed by atoms with Gasteiger partial charge in [0.25, 0.3) is 0 Å². The van der Waals surface area contributed by atoms with Crippen molar-refractivity contribution in [1.29, 1.82) is 0 Å². The quantitative estimate of drug-likeness (QED) is 0.723. The first-order chi connectivity index (χ1) is 13.2. The van der Waals surface area contributed by atoms with Crippen molar-refractivity contribution >= 4 is 17.5 Å². The Morgan fingerprint density at radius 1 is 0.889 bits per heavy atom. The van der Waals surface area contributed by atoms with Crippen LogP contribution in [0.15, 0.2) is 53.0 Å². The molecule has 1 aliphatic rings. The zero-order valence-corrected chi connectivity index (χ0v) is 15.9. The molecule has 3 aromatic rings. The zero-order chi connectivity index (χ0) is 18.8. The lowest BCUT2D eigenvalue weighted by Crippen LogP contribution is -2.18. The van der Waals surface area contributed by atoms with Crippen LogP contribution in [0.3, 0.4) is 0 Å². The van der Waals surface area contributed by atoms with Crippen molar-refractivity contribution in [1.82, 2.24) is 14.9 Å². The predicted octanol–water partition coefficient (Wildman–Crippen LogP) is 3.62. The number of ether oxygens (including phenoxy) is 3. The molecule has 1 aliphatic heterocycles. The van der Waals surface area contributed by atoms with Crippen molar-refractivity contribution < 1.29 is 14.2 Å². The fourth-order valence-electron chi connectivity index (χ4n) is 2.78. The van der Waals surface area contributed by atoms with Crippen LogP contribution >= 0.6 is 11.8 Å². The smallest absolute Gasteiger partial charge is 0.214 e. The molecular formula is C19H18N4O3S. The number of aromatic nitrogens is 3. The molecule has 0 saturated heterocycles. The molecule has 0 amide bonds. The van der Waals surface area contributed by atoms with Crippen LogP contribution in [0.25, 0.3) is 17.1 Å². The molecule has 8 heteroatoms. The van der Waals surface area contributed by atoms with E-state index >= 15 is 0 Å². The molecule has 2 aromatic carbocycles. The molecule has 1 N–H and O–H groups in total. The van der Waals surface area contributed by atoms with Crippen molar-refractivity contribution in [3.8, 4) is 28.6 Å². The van der Waals surface area contributed by atoms with E-state index in [2.05, 4.69) is 15.6 Å². The normalized spacial score (nSPS) is 12.6. The third kappa shape index (κ3) is 3.19. The maximum absolute atomic E-state index is 5.51. The van der Waals surface area contributed by atoms with Crippen molar-refractivity contribution in [3.05, 3.63) is 53.4 Å². The van der Waals surface area contributed by atoms with E-state index in [-0.39, 0.29) is 0 Å². The Morgan fingerprint density at radius 2 is 1.63 bits per heavy atom. The topological polar surface area (TPSA) is 70.4 Å². The number of hydrogen-bond donors (Lipinski definition) is 1. The molecular weight excluding hydrogens is 364 g/mol. The van der Waals surface area contributed by atoms with Gasteiger partial charge in [0.2, 0.25) is 5.16 Å². The Labute approximate surface area is 160 Å². The van der Waals surface area contributed by atoms with E-state index < -0.39 is 0 Å². The first kappa shape index (κ1) is 17.3. The maximum Gasteiger partial charge on any atom is 0.214 e. The number of fused-ring (bicyclic) bond motifs is 1. The van der Waals surface area contributed by atoms with Gasteiger partial charge in [-0.15, -0.1) is 10.2 Å². The van der Waals surface area contributed by atoms with Crippen molar-refractivity contribution in [2.45, 2.75) is 5.16 Å². The van der Waals surface area contributed by atoms with E-state index in [0.717, 1.165) is 39.2 Å². The summed E-state index contributed by atoms with van der Waals surface area (Å²) in [6.07, 6.45) is 0. The van der Waals surface area contributed by atoms with Gasteiger partial charge in [0.05, 0.1) is 27.0 Å². The van der Waals surface area contributed by atoms with Crippen molar-refractivity contribution in [2.75, 3.05) is 26.8 Å². The number of thioether (sulfide) groups is 1. The Kier molecular flexibility index (Phi) is 4.64. The highest BCUT2D eigenvalue weighted by atomic mass is 32.2. The van der Waals surface area contributed by atoms with Crippen LogP contribution in [-0.2, 0) is 0 Å². The number of methoxy groups -OCH3 is 3. The van der Waals surface area contributed by atoms with Gasteiger partial charge in [0.15, 0.2) is 5.82 Å². The third-order valence-corrected chi connectivity index (χ3v) is 5.02. The summed E-state index contributed by atoms with van der Waals surface area (Å²) in [5.41, 5.74) is 6.08. The fourth-order valence-corrected chi connectivity index (χ4v) is 3.51. The van der Waals surface area contributed by atoms with Crippen LogP contribution < -0.4 is 19.6 Å². The van der Waals surface area contributed by atoms with E-state index in [1.165, 1.54) is 11.8 Å². The Balaban J connectivity index is 1.70. The second kappa shape index (κ2) is 7.24. The summed E-state index contributed by atoms with van der Waals surface area (Å²) in [6.45, 7) is 0. The van der Waals surface area contributed by atoms with E-state index in [4.69, 9.17) is 14.2 Å². The number of nitrogens with one attached hydrogen (secondary N) is 1. The minimum Gasteiger partial charge on any atom is -0.497 e. The number of benzene rings is 2. The Bertz CT molecular complexity index is 999. The van der Waals surface area contributed by atoms with Crippen LogP contribution in [0.4, 0.5) is 0 Å². The van der Waals surface area contributed by atoms with Crippen LogP contribution in [0.5, 0.6) is 17.2 Å². The van der Waals surface area contributed by atoms with Gasteiger partial charge in [-0.3, -0.25) is 5.43 Å². The highest BCUT2D eigenvalue weighted by molar-refractivity contribution is 8.02. The standard InChI is InChI=1S/C19H18N4O3S/c1-24-13-6-4-12(5-7-13)18-20-21-19-23(18)22-16(11-27-19)15-10-14(25-2)8-9-17(15)26-3/h4-11,22H,1-3H3. The lowest BCUT2D eigenvalue weighted by Gasteiger charge is -2.21. The summed E-state index contributed by atoms with van der Waals surface area (Å²) >= 11 is 1.49. The predicted molar refractivity (Wildman–Crippen MR) is 105 cm³/mol. The van der Waals surface area contributed by atoms with Gasteiger partial charge < -0.3 is 14.2 Å². The average molecular weight is 382 g/mol. The lowest BCUT2D eigenvalue weighted by atomic mass is 10.1. The molecule has 2 heterocycles. The average Bonchev–Trinajstić information content (AvgIpc) is 3.16. The summed E-state index contributed by atoms with van der Waals surface area (Å²) in [4.78, 5) is 0. The molecule has 1 aromatic heterocycles. The number of hydrogen-bond acceptors (Lipinski definition) is 7. The SMILES string of the molecule is COc1ccc(-c2nnc3n2NC(c2cc(OC)ccc2OC)=CS3)cc1. The Morgan fingerprint density at radius 3 is 2.33 bits per heavy atom. The fraction of sp³-hybridized carbons (Fsp3) is 0.158. The van der Waals surface area contributed by atoms with Crippen molar-refractivity contribution in [2.24, 2.45) is 0 Å². The van der Waals surface area contributed by atoms with Crippen molar-refractivity contribution in [3.63, 3.8) is 0 Å². The van der Waals surface area contributed by atoms with Crippen LogP contribution in [-0.4, -0.2) is 36.2 Å². The van der Waals surface area contributed by atoms with Gasteiger partial charge >= 0.3 is 0 Å². The molecule has 0 unspecified atom stereocenters. The van der Waals surface area contributed by atoms with Gasteiger partial charge in [0.1, 0.15) is 17.2 Å². The van der Waals surface area contributed by atoms with E-state index in [1.807, 2.05) is 52.5 Å². The van der Waals surface area contributed by atoms with Crippen LogP contribution in [0.1, 0.15) is 5.56 Å². The molecule has 0 bridgehead atoms. The lowest BCUT2D eigenvalue weighted by molar-refractivity contribution is 0.402. The minimum absolute atomic E-state index is 0.715. The molecule has 0 radical (unpaired) electrons. The van der Waals surface area contributed by atoms with Gasteiger partial charge in [-0.1, -0.05) is 11.8 Å². The first-order valence-electron chi connectivity index (χ1n) is 8.19. The van der Waals surface area contributed by atoms with Gasteiger partial charge in [-0.05, 0) is 42.5 Å². The summed E-state index contributed by atoms with van der Waals surface area (Å²) in [6, 6.07) is 13.4. The first-order valence-corrected chi connectivity index (χ1v) is 9.07. The Hall–Kier alpha value is -3.13. The highest BCUT2D eigenvalue weighted by Gasteiger charge is 2.21. The maximum atomic E-state index is 5.51. The molecule has 0 atom stereocenters. The van der Waals surface area contributed by atoms with E-state index in [9.17, 15) is 0 Å².